The number of pyridine rings is 1. The molecule has 40 heavy (non-hydrogen) atoms. The lowest BCUT2D eigenvalue weighted by molar-refractivity contribution is 1.10. The number of hydrogen-bond donors (Lipinski definition) is 0. The number of aromatic nitrogens is 3. The molecule has 0 aliphatic rings. The van der Waals surface area contributed by atoms with Gasteiger partial charge < -0.3 is 4.57 Å². The molecule has 9 rings (SSSR count). The largest absolute Gasteiger partial charge is 0.309 e. The molecule has 0 bridgehead atoms. The Morgan fingerprint density at radius 1 is 0.375 bits per heavy atom. The smallest absolute Gasteiger partial charge is 0.138 e. The average molecular weight is 510 g/mol. The maximum atomic E-state index is 5.09. The summed E-state index contributed by atoms with van der Waals surface area (Å²) < 4.78 is 4.70. The molecule has 0 unspecified atom stereocenters. The SMILES string of the molecule is c1ccc(-n2c3ccccc3c3cc4cc5c6ccccc6n(-c6ccc7ccccc7n6)c5cc4cc32)cc1. The van der Waals surface area contributed by atoms with E-state index in [4.69, 9.17) is 4.98 Å². The van der Waals surface area contributed by atoms with E-state index >= 15 is 0 Å². The third kappa shape index (κ3) is 2.97. The normalized spacial score (nSPS) is 12.0. The van der Waals surface area contributed by atoms with Gasteiger partial charge in [-0.2, -0.15) is 0 Å². The van der Waals surface area contributed by atoms with Crippen LogP contribution in [0.25, 0.3) is 76.8 Å². The first-order valence-corrected chi connectivity index (χ1v) is 13.7. The second kappa shape index (κ2) is 8.05. The maximum Gasteiger partial charge on any atom is 0.138 e. The summed E-state index contributed by atoms with van der Waals surface area (Å²) in [7, 11) is 0. The number of rotatable bonds is 2. The molecule has 0 aliphatic carbocycles. The summed E-state index contributed by atoms with van der Waals surface area (Å²) in [6.45, 7) is 0. The molecule has 0 N–H and O–H groups in total. The van der Waals surface area contributed by atoms with E-state index in [1.165, 1.54) is 60.1 Å². The number of nitrogens with zero attached hydrogens (tertiary/aromatic N) is 3. The minimum absolute atomic E-state index is 0.934. The number of hydrogen-bond acceptors (Lipinski definition) is 1. The highest BCUT2D eigenvalue weighted by Crippen LogP contribution is 2.39. The molecule has 0 fully saturated rings. The number of benzene rings is 6. The van der Waals surface area contributed by atoms with E-state index in [2.05, 4.69) is 149 Å². The van der Waals surface area contributed by atoms with E-state index in [1.807, 2.05) is 0 Å². The van der Waals surface area contributed by atoms with E-state index < -0.39 is 0 Å². The second-order valence-electron chi connectivity index (χ2n) is 10.5. The molecule has 0 aliphatic heterocycles. The minimum atomic E-state index is 0.934. The van der Waals surface area contributed by atoms with Crippen LogP contribution in [-0.2, 0) is 0 Å². The van der Waals surface area contributed by atoms with Gasteiger partial charge >= 0.3 is 0 Å². The van der Waals surface area contributed by atoms with Gasteiger partial charge in [0.25, 0.3) is 0 Å². The van der Waals surface area contributed by atoms with Gasteiger partial charge in [-0.15, -0.1) is 0 Å². The fourth-order valence-corrected chi connectivity index (χ4v) is 6.46. The Balaban J connectivity index is 1.40. The van der Waals surface area contributed by atoms with Crippen LogP contribution in [0.15, 0.2) is 140 Å². The van der Waals surface area contributed by atoms with E-state index in [0.717, 1.165) is 16.7 Å². The molecular weight excluding hydrogens is 486 g/mol. The first-order chi connectivity index (χ1) is 19.8. The zero-order valence-corrected chi connectivity index (χ0v) is 21.6. The van der Waals surface area contributed by atoms with Crippen LogP contribution in [0.4, 0.5) is 0 Å². The monoisotopic (exact) mass is 509 g/mol. The topological polar surface area (TPSA) is 22.8 Å². The molecule has 9 aromatic rings. The molecule has 0 radical (unpaired) electrons. The summed E-state index contributed by atoms with van der Waals surface area (Å²) in [4.78, 5) is 5.09. The van der Waals surface area contributed by atoms with Crippen molar-refractivity contribution in [3.63, 3.8) is 0 Å². The highest BCUT2D eigenvalue weighted by atomic mass is 15.1. The minimum Gasteiger partial charge on any atom is -0.309 e. The summed E-state index contributed by atoms with van der Waals surface area (Å²) in [5, 5.41) is 8.62. The van der Waals surface area contributed by atoms with Gasteiger partial charge in [0.2, 0.25) is 0 Å². The van der Waals surface area contributed by atoms with Gasteiger partial charge in [-0.25, -0.2) is 4.98 Å². The Labute approximate surface area is 230 Å². The van der Waals surface area contributed by atoms with Crippen LogP contribution in [0.2, 0.25) is 0 Å². The third-order valence-electron chi connectivity index (χ3n) is 8.25. The molecule has 3 heteroatoms. The lowest BCUT2D eigenvalue weighted by atomic mass is 10.0. The molecule has 0 spiro atoms. The molecule has 0 saturated carbocycles. The molecule has 3 nitrogen and oxygen atoms in total. The third-order valence-corrected chi connectivity index (χ3v) is 8.25. The predicted molar refractivity (Wildman–Crippen MR) is 168 cm³/mol. The summed E-state index contributed by atoms with van der Waals surface area (Å²) in [6, 6.07) is 50.1. The van der Waals surface area contributed by atoms with Crippen LogP contribution < -0.4 is 0 Å². The summed E-state index contributed by atoms with van der Waals surface area (Å²) in [6.07, 6.45) is 0. The van der Waals surface area contributed by atoms with Crippen molar-refractivity contribution in [3.05, 3.63) is 140 Å². The quantitative estimate of drug-likeness (QED) is 0.227. The van der Waals surface area contributed by atoms with E-state index in [-0.39, 0.29) is 0 Å². The summed E-state index contributed by atoms with van der Waals surface area (Å²) >= 11 is 0. The van der Waals surface area contributed by atoms with Crippen LogP contribution in [0.1, 0.15) is 0 Å². The lowest BCUT2D eigenvalue weighted by Gasteiger charge is -2.10. The van der Waals surface area contributed by atoms with E-state index in [0.29, 0.717) is 0 Å². The number of fused-ring (bicyclic) bond motifs is 8. The second-order valence-corrected chi connectivity index (χ2v) is 10.5. The van der Waals surface area contributed by atoms with Crippen molar-refractivity contribution in [3.8, 4) is 11.5 Å². The summed E-state index contributed by atoms with van der Waals surface area (Å²) in [5.74, 6) is 0.934. The van der Waals surface area contributed by atoms with E-state index in [1.54, 1.807) is 0 Å². The van der Waals surface area contributed by atoms with Crippen molar-refractivity contribution in [2.24, 2.45) is 0 Å². The van der Waals surface area contributed by atoms with Crippen LogP contribution in [0.3, 0.4) is 0 Å². The lowest BCUT2D eigenvalue weighted by Crippen LogP contribution is -1.97. The highest BCUT2D eigenvalue weighted by Gasteiger charge is 2.17. The Bertz CT molecular complexity index is 2430. The van der Waals surface area contributed by atoms with Crippen LogP contribution in [0, 0.1) is 0 Å². The van der Waals surface area contributed by atoms with Crippen molar-refractivity contribution >= 4 is 65.3 Å². The van der Waals surface area contributed by atoms with Gasteiger partial charge in [0.05, 0.1) is 27.6 Å². The Kier molecular flexibility index (Phi) is 4.33. The zero-order chi connectivity index (χ0) is 26.2. The van der Waals surface area contributed by atoms with E-state index in [9.17, 15) is 0 Å². The Hall–Kier alpha value is -5.41. The first-order valence-electron chi connectivity index (χ1n) is 13.7. The van der Waals surface area contributed by atoms with Crippen LogP contribution in [-0.4, -0.2) is 14.1 Å². The molecule has 186 valence electrons. The van der Waals surface area contributed by atoms with Crippen molar-refractivity contribution in [2.75, 3.05) is 0 Å². The van der Waals surface area contributed by atoms with Gasteiger partial charge in [-0.1, -0.05) is 72.8 Å². The zero-order valence-electron chi connectivity index (χ0n) is 21.6. The van der Waals surface area contributed by atoms with Crippen molar-refractivity contribution in [1.82, 2.24) is 14.1 Å². The van der Waals surface area contributed by atoms with Gasteiger partial charge in [0.1, 0.15) is 5.82 Å². The molecule has 6 aromatic carbocycles. The van der Waals surface area contributed by atoms with Gasteiger partial charge in [0.15, 0.2) is 0 Å². The molecule has 3 aromatic heterocycles. The summed E-state index contributed by atoms with van der Waals surface area (Å²) in [5.41, 5.74) is 6.94. The van der Waals surface area contributed by atoms with Crippen molar-refractivity contribution in [2.45, 2.75) is 0 Å². The highest BCUT2D eigenvalue weighted by molar-refractivity contribution is 6.18. The average Bonchev–Trinajstić information content (AvgIpc) is 3.51. The van der Waals surface area contributed by atoms with Crippen LogP contribution in [0.5, 0.6) is 0 Å². The van der Waals surface area contributed by atoms with Gasteiger partial charge in [-0.3, -0.25) is 4.57 Å². The standard InChI is InChI=1S/C37H23N3/c1-2-11-27(12-3-1)39-33-16-8-5-13-28(33)30-20-25-21-31-29-14-6-9-17-34(29)40(36(31)23-26(25)22-35(30)39)37-19-18-24-10-4-7-15-32(24)38-37/h1-23H. The number of para-hydroxylation sites is 4. The molecule has 0 amide bonds. The van der Waals surface area contributed by atoms with Crippen LogP contribution >= 0.6 is 0 Å². The molecule has 3 heterocycles. The van der Waals surface area contributed by atoms with Crippen molar-refractivity contribution < 1.29 is 0 Å². The molecule has 0 saturated heterocycles. The fraction of sp³-hybridized carbons (Fsp3) is 0. The molecule has 0 atom stereocenters. The predicted octanol–water partition coefficient (Wildman–Crippen LogP) is 9.58. The first kappa shape index (κ1) is 21.5. The fourth-order valence-electron chi connectivity index (χ4n) is 6.46. The van der Waals surface area contributed by atoms with Gasteiger partial charge in [-0.05, 0) is 77.5 Å². The Morgan fingerprint density at radius 2 is 0.950 bits per heavy atom. The molecular formula is C37H23N3. The van der Waals surface area contributed by atoms with Crippen molar-refractivity contribution in [1.29, 1.82) is 0 Å². The van der Waals surface area contributed by atoms with Gasteiger partial charge in [0, 0.05) is 32.6 Å². The Morgan fingerprint density at radius 3 is 1.70 bits per heavy atom. The maximum absolute atomic E-state index is 5.09.